The van der Waals surface area contributed by atoms with Crippen molar-refractivity contribution in [1.82, 2.24) is 4.90 Å². The molecule has 1 saturated carbocycles. The van der Waals surface area contributed by atoms with Gasteiger partial charge in [-0.25, -0.2) is 0 Å². The zero-order valence-corrected chi connectivity index (χ0v) is 27.3. The minimum Gasteiger partial charge on any atom is -0.484 e. The molecule has 0 aromatic heterocycles. The molecule has 0 heterocycles. The van der Waals surface area contributed by atoms with Crippen molar-refractivity contribution in [3.63, 3.8) is 0 Å². The van der Waals surface area contributed by atoms with Gasteiger partial charge in [-0.05, 0) is 74.6 Å². The van der Waals surface area contributed by atoms with E-state index in [0.29, 0.717) is 48.6 Å². The number of ketones is 1. The first kappa shape index (κ1) is 34.4. The Morgan fingerprint density at radius 3 is 1.87 bits per heavy atom. The summed E-state index contributed by atoms with van der Waals surface area (Å²) in [6.45, 7) is 10.2. The summed E-state index contributed by atoms with van der Waals surface area (Å²) >= 11 is 0. The van der Waals surface area contributed by atoms with Gasteiger partial charge in [0, 0.05) is 36.8 Å². The van der Waals surface area contributed by atoms with E-state index in [0.717, 1.165) is 11.1 Å². The van der Waals surface area contributed by atoms with Crippen molar-refractivity contribution >= 4 is 34.9 Å². The Hall–Kier alpha value is -4.50. The summed E-state index contributed by atoms with van der Waals surface area (Å²) in [5, 5.41) is 17.6. The number of aryl methyl sites for hydroxylation is 2. The molecule has 0 saturated heterocycles. The average molecular weight is 628 g/mol. The molecular weight excluding hydrogens is 582 g/mol. The van der Waals surface area contributed by atoms with E-state index in [-0.39, 0.29) is 18.9 Å². The van der Waals surface area contributed by atoms with Crippen LogP contribution in [0.5, 0.6) is 5.75 Å². The van der Waals surface area contributed by atoms with Crippen LogP contribution in [0.25, 0.3) is 0 Å². The van der Waals surface area contributed by atoms with E-state index in [1.807, 2.05) is 64.1 Å². The van der Waals surface area contributed by atoms with Crippen LogP contribution in [-0.4, -0.2) is 58.8 Å². The number of nitrogens with zero attached hydrogens (tertiary/aromatic N) is 1. The third-order valence-electron chi connectivity index (χ3n) is 8.89. The highest BCUT2D eigenvalue weighted by Crippen LogP contribution is 2.47. The molecule has 1 fully saturated rings. The standard InChI is InChI=1S/C37H45N3O6/c1-6-24-14-10-12-16-28(24)38-35(43)33-30(41)22-37(5,45)34(36(44)39-29-17-13-11-15-25(29)7-2)32(33)26-18-20-27(21-19-26)46-23-31(42)40(8-3)9-4/h10-21,32-34,45H,6-9,22-23H2,1-5H3,(H,38,43)(H,39,44). The number of benzene rings is 3. The number of likely N-dealkylation sites (N-methyl/N-ethyl adjacent to an activating group) is 1. The van der Waals surface area contributed by atoms with Crippen molar-refractivity contribution in [1.29, 1.82) is 0 Å². The molecule has 4 atom stereocenters. The average Bonchev–Trinajstić information content (AvgIpc) is 3.04. The van der Waals surface area contributed by atoms with E-state index in [1.54, 1.807) is 41.3 Å². The summed E-state index contributed by atoms with van der Waals surface area (Å²) in [5.74, 6) is -4.59. The highest BCUT2D eigenvalue weighted by atomic mass is 16.5. The van der Waals surface area contributed by atoms with Crippen LogP contribution >= 0.6 is 0 Å². The Morgan fingerprint density at radius 2 is 1.35 bits per heavy atom. The van der Waals surface area contributed by atoms with E-state index in [2.05, 4.69) is 10.6 Å². The maximum absolute atomic E-state index is 14.2. The molecule has 3 aromatic carbocycles. The number of aliphatic hydroxyl groups is 1. The molecule has 0 radical (unpaired) electrons. The van der Waals surface area contributed by atoms with E-state index < -0.39 is 41.0 Å². The normalized spacial score (nSPS) is 20.9. The maximum Gasteiger partial charge on any atom is 0.260 e. The van der Waals surface area contributed by atoms with E-state index >= 15 is 0 Å². The maximum atomic E-state index is 14.2. The van der Waals surface area contributed by atoms with Gasteiger partial charge in [-0.3, -0.25) is 19.2 Å². The molecule has 1 aliphatic carbocycles. The fraction of sp³-hybridized carbons (Fsp3) is 0.405. The van der Waals surface area contributed by atoms with Gasteiger partial charge in [-0.2, -0.15) is 0 Å². The summed E-state index contributed by atoms with van der Waals surface area (Å²) in [6, 6.07) is 21.5. The monoisotopic (exact) mass is 627 g/mol. The summed E-state index contributed by atoms with van der Waals surface area (Å²) in [6.07, 6.45) is 0.992. The van der Waals surface area contributed by atoms with E-state index in [1.165, 1.54) is 6.92 Å². The smallest absolute Gasteiger partial charge is 0.260 e. The Morgan fingerprint density at radius 1 is 0.826 bits per heavy atom. The fourth-order valence-electron chi connectivity index (χ4n) is 6.41. The zero-order chi connectivity index (χ0) is 33.4. The lowest BCUT2D eigenvalue weighted by molar-refractivity contribution is -0.150. The van der Waals surface area contributed by atoms with Crippen molar-refractivity contribution in [3.05, 3.63) is 89.5 Å². The predicted molar refractivity (Wildman–Crippen MR) is 179 cm³/mol. The van der Waals surface area contributed by atoms with Gasteiger partial charge >= 0.3 is 0 Å². The second-order valence-electron chi connectivity index (χ2n) is 11.9. The largest absolute Gasteiger partial charge is 0.484 e. The molecule has 0 spiro atoms. The highest BCUT2D eigenvalue weighted by molar-refractivity contribution is 6.10. The molecular formula is C37H45N3O6. The quantitative estimate of drug-likeness (QED) is 0.232. The molecule has 3 amide bonds. The van der Waals surface area contributed by atoms with Crippen molar-refractivity contribution < 1.29 is 29.0 Å². The third-order valence-corrected chi connectivity index (χ3v) is 8.89. The molecule has 9 heteroatoms. The Kier molecular flexibility index (Phi) is 11.4. The number of carbonyl (C=O) groups excluding carboxylic acids is 4. The van der Waals surface area contributed by atoms with Crippen LogP contribution in [0.4, 0.5) is 11.4 Å². The number of hydrogen-bond acceptors (Lipinski definition) is 6. The predicted octanol–water partition coefficient (Wildman–Crippen LogP) is 5.38. The lowest BCUT2D eigenvalue weighted by Crippen LogP contribution is -2.56. The molecule has 4 unspecified atom stereocenters. The van der Waals surface area contributed by atoms with Crippen molar-refractivity contribution in [2.75, 3.05) is 30.3 Å². The topological polar surface area (TPSA) is 125 Å². The molecule has 46 heavy (non-hydrogen) atoms. The number of Topliss-reactive ketones (excluding diaryl/α,β-unsaturated/α-hetero) is 1. The SMILES string of the molecule is CCc1ccccc1NC(=O)C1C(=O)CC(C)(O)C(C(=O)Nc2ccccc2CC)C1c1ccc(OCC(=O)N(CC)CC)cc1. The van der Waals surface area contributed by atoms with Crippen molar-refractivity contribution in [2.24, 2.45) is 11.8 Å². The number of nitrogens with one attached hydrogen (secondary N) is 2. The number of ether oxygens (including phenoxy) is 1. The number of carbonyl (C=O) groups is 4. The lowest BCUT2D eigenvalue weighted by Gasteiger charge is -2.44. The summed E-state index contributed by atoms with van der Waals surface area (Å²) < 4.78 is 5.75. The van der Waals surface area contributed by atoms with Crippen LogP contribution in [-0.2, 0) is 32.0 Å². The number of anilines is 2. The summed E-state index contributed by atoms with van der Waals surface area (Å²) in [7, 11) is 0. The fourth-order valence-corrected chi connectivity index (χ4v) is 6.41. The van der Waals surface area contributed by atoms with Gasteiger partial charge in [0.05, 0.1) is 11.5 Å². The highest BCUT2D eigenvalue weighted by Gasteiger charge is 2.56. The van der Waals surface area contributed by atoms with Crippen LogP contribution in [0.2, 0.25) is 0 Å². The number of amides is 3. The van der Waals surface area contributed by atoms with Crippen molar-refractivity contribution in [2.45, 2.75) is 65.4 Å². The van der Waals surface area contributed by atoms with Gasteiger partial charge in [0.1, 0.15) is 17.5 Å². The molecule has 0 aliphatic heterocycles. The van der Waals surface area contributed by atoms with Gasteiger partial charge in [0.2, 0.25) is 11.8 Å². The van der Waals surface area contributed by atoms with Crippen molar-refractivity contribution in [3.8, 4) is 5.75 Å². The first-order valence-electron chi connectivity index (χ1n) is 16.1. The Balaban J connectivity index is 1.73. The molecule has 244 valence electrons. The van der Waals surface area contributed by atoms with Crippen LogP contribution in [0.15, 0.2) is 72.8 Å². The van der Waals surface area contributed by atoms with Gasteiger partial charge in [0.25, 0.3) is 5.91 Å². The molecule has 4 rings (SSSR count). The molecule has 3 N–H and O–H groups in total. The third kappa shape index (κ3) is 7.65. The van der Waals surface area contributed by atoms with Gasteiger partial charge in [-0.15, -0.1) is 0 Å². The number of para-hydroxylation sites is 2. The summed E-state index contributed by atoms with van der Waals surface area (Å²) in [5.41, 5.74) is 1.82. The van der Waals surface area contributed by atoms with E-state index in [9.17, 15) is 24.3 Å². The van der Waals surface area contributed by atoms with Gasteiger partial charge in [-0.1, -0.05) is 62.4 Å². The van der Waals surface area contributed by atoms with Crippen LogP contribution in [0.3, 0.4) is 0 Å². The van der Waals surface area contributed by atoms with Gasteiger partial charge in [0.15, 0.2) is 6.61 Å². The minimum atomic E-state index is -1.74. The Labute approximate surface area is 271 Å². The Bertz CT molecular complexity index is 1550. The molecule has 3 aromatic rings. The van der Waals surface area contributed by atoms with Crippen LogP contribution < -0.4 is 15.4 Å². The summed E-state index contributed by atoms with van der Waals surface area (Å²) in [4.78, 5) is 56.1. The molecule has 0 bridgehead atoms. The minimum absolute atomic E-state index is 0.138. The molecule has 9 nitrogen and oxygen atoms in total. The second-order valence-corrected chi connectivity index (χ2v) is 11.9. The second kappa shape index (κ2) is 15.2. The first-order valence-corrected chi connectivity index (χ1v) is 16.1. The number of hydrogen-bond donors (Lipinski definition) is 3. The lowest BCUT2D eigenvalue weighted by atomic mass is 9.61. The first-order chi connectivity index (χ1) is 22.0. The van der Waals surface area contributed by atoms with Crippen LogP contribution in [0.1, 0.15) is 63.6 Å². The van der Waals surface area contributed by atoms with E-state index in [4.69, 9.17) is 4.74 Å². The van der Waals surface area contributed by atoms with Gasteiger partial charge < -0.3 is 25.4 Å². The zero-order valence-electron chi connectivity index (χ0n) is 27.3. The van der Waals surface area contributed by atoms with Crippen LogP contribution in [0, 0.1) is 11.8 Å². The number of rotatable bonds is 12. The molecule has 1 aliphatic rings.